The Labute approximate surface area is 189 Å². The Kier molecular flexibility index (Phi) is 6.17. The summed E-state index contributed by atoms with van der Waals surface area (Å²) in [7, 11) is -0.934. The highest BCUT2D eigenvalue weighted by Crippen LogP contribution is 2.26. The predicted molar refractivity (Wildman–Crippen MR) is 123 cm³/mol. The number of amides is 1. The maximum atomic E-state index is 13.5. The number of carbonyl (C=O) groups is 1. The second kappa shape index (κ2) is 9.03. The van der Waals surface area contributed by atoms with Gasteiger partial charge in [-0.25, -0.2) is 8.42 Å². The van der Waals surface area contributed by atoms with Crippen LogP contribution in [-0.2, 0) is 14.8 Å². The molecule has 4 aromatic rings. The molecule has 0 fully saturated rings. The Balaban J connectivity index is 1.71. The highest BCUT2D eigenvalue weighted by atomic mass is 32.2. The number of methoxy groups -OCH3 is 1. The Morgan fingerprint density at radius 3 is 2.41 bits per heavy atom. The normalized spacial score (nSPS) is 12.4. The van der Waals surface area contributed by atoms with Gasteiger partial charge in [-0.3, -0.25) is 4.79 Å². The zero-order valence-corrected chi connectivity index (χ0v) is 18.9. The topological polar surface area (TPSA) is 101 Å². The van der Waals surface area contributed by atoms with E-state index in [1.807, 2.05) is 0 Å². The van der Waals surface area contributed by atoms with Crippen LogP contribution in [0, 0.1) is 0 Å². The smallest absolute Gasteiger partial charge is 0.249 e. The second-order valence-electron chi connectivity index (χ2n) is 6.95. The molecule has 32 heavy (non-hydrogen) atoms. The fourth-order valence-corrected chi connectivity index (χ4v) is 5.19. The lowest BCUT2D eigenvalue weighted by Gasteiger charge is -2.25. The van der Waals surface area contributed by atoms with Gasteiger partial charge in [0, 0.05) is 12.7 Å². The molecule has 1 heterocycles. The van der Waals surface area contributed by atoms with Crippen LogP contribution in [0.1, 0.15) is 11.6 Å². The molecule has 1 N–H and O–H groups in total. The highest BCUT2D eigenvalue weighted by molar-refractivity contribution is 7.89. The van der Waals surface area contributed by atoms with Crippen molar-refractivity contribution in [1.29, 1.82) is 0 Å². The molecule has 0 aliphatic carbocycles. The minimum absolute atomic E-state index is 0.0235. The molecule has 1 amide bonds. The molecule has 1 aromatic heterocycles. The van der Waals surface area contributed by atoms with Gasteiger partial charge in [-0.2, -0.15) is 13.5 Å². The number of hydrogen-bond acceptors (Lipinski definition) is 7. The minimum Gasteiger partial charge on any atom is -0.497 e. The standard InChI is InChI=1S/C22H20N4O4S2/c1-26(16-11-13-17(30-2)14-12-16)22(27)20(15-7-4-3-5-8-15)25-32(28,29)19-10-6-9-18-21(19)24-31-23-18/h3-14,20,25H,1-2H3. The molecular weight excluding hydrogens is 448 g/mol. The predicted octanol–water partition coefficient (Wildman–Crippen LogP) is 3.38. The molecule has 10 heteroatoms. The van der Waals surface area contributed by atoms with Crippen LogP contribution in [0.2, 0.25) is 0 Å². The Morgan fingerprint density at radius 1 is 1.00 bits per heavy atom. The molecular formula is C22H20N4O4S2. The summed E-state index contributed by atoms with van der Waals surface area (Å²) >= 11 is 0.932. The summed E-state index contributed by atoms with van der Waals surface area (Å²) in [6.45, 7) is 0. The molecule has 0 saturated carbocycles. The Morgan fingerprint density at radius 2 is 1.72 bits per heavy atom. The third kappa shape index (κ3) is 4.33. The molecule has 1 unspecified atom stereocenters. The number of rotatable bonds is 7. The van der Waals surface area contributed by atoms with E-state index in [-0.39, 0.29) is 10.4 Å². The van der Waals surface area contributed by atoms with Gasteiger partial charge < -0.3 is 9.64 Å². The van der Waals surface area contributed by atoms with Crippen LogP contribution in [0.3, 0.4) is 0 Å². The van der Waals surface area contributed by atoms with Crippen molar-refractivity contribution in [2.24, 2.45) is 0 Å². The summed E-state index contributed by atoms with van der Waals surface area (Å²) in [6.07, 6.45) is 0. The van der Waals surface area contributed by atoms with Crippen LogP contribution in [0.4, 0.5) is 5.69 Å². The van der Waals surface area contributed by atoms with E-state index >= 15 is 0 Å². The molecule has 164 valence electrons. The highest BCUT2D eigenvalue weighted by Gasteiger charge is 2.31. The summed E-state index contributed by atoms with van der Waals surface area (Å²) in [5.74, 6) is 0.216. The van der Waals surface area contributed by atoms with E-state index in [2.05, 4.69) is 13.5 Å². The lowest BCUT2D eigenvalue weighted by atomic mass is 10.1. The fraction of sp³-hybridized carbons (Fsp3) is 0.136. The number of carbonyl (C=O) groups excluding carboxylic acids is 1. The summed E-state index contributed by atoms with van der Waals surface area (Å²) < 4.78 is 42.6. The molecule has 0 aliphatic heterocycles. The third-order valence-corrected chi connectivity index (χ3v) is 6.98. The number of anilines is 1. The first-order valence-corrected chi connectivity index (χ1v) is 11.8. The van der Waals surface area contributed by atoms with E-state index in [0.717, 1.165) is 11.7 Å². The van der Waals surface area contributed by atoms with Gasteiger partial charge >= 0.3 is 0 Å². The zero-order chi connectivity index (χ0) is 22.7. The van der Waals surface area contributed by atoms with Crippen LogP contribution >= 0.6 is 11.7 Å². The first-order valence-electron chi connectivity index (χ1n) is 9.61. The van der Waals surface area contributed by atoms with Gasteiger partial charge in [0.05, 0.1) is 18.8 Å². The quantitative estimate of drug-likeness (QED) is 0.446. The zero-order valence-electron chi connectivity index (χ0n) is 17.3. The Bertz CT molecular complexity index is 1340. The van der Waals surface area contributed by atoms with E-state index in [9.17, 15) is 13.2 Å². The molecule has 0 spiro atoms. The number of nitrogens with zero attached hydrogens (tertiary/aromatic N) is 3. The van der Waals surface area contributed by atoms with Gasteiger partial charge in [-0.1, -0.05) is 36.4 Å². The minimum atomic E-state index is -4.09. The molecule has 0 radical (unpaired) electrons. The van der Waals surface area contributed by atoms with E-state index < -0.39 is 22.0 Å². The number of benzene rings is 3. The first-order chi connectivity index (χ1) is 15.4. The molecule has 0 saturated heterocycles. The summed E-state index contributed by atoms with van der Waals surface area (Å²) in [5, 5.41) is 0. The van der Waals surface area contributed by atoms with Crippen molar-refractivity contribution in [3.05, 3.63) is 78.4 Å². The molecule has 0 aliphatic rings. The summed E-state index contributed by atoms with van der Waals surface area (Å²) in [4.78, 5) is 14.8. The van der Waals surface area contributed by atoms with E-state index in [0.29, 0.717) is 22.5 Å². The van der Waals surface area contributed by atoms with Crippen LogP contribution in [0.25, 0.3) is 11.0 Å². The van der Waals surface area contributed by atoms with Gasteiger partial charge in [0.25, 0.3) is 0 Å². The van der Waals surface area contributed by atoms with Crippen molar-refractivity contribution in [2.45, 2.75) is 10.9 Å². The third-order valence-electron chi connectivity index (χ3n) is 4.98. The van der Waals surface area contributed by atoms with Gasteiger partial charge in [0.15, 0.2) is 0 Å². The fourth-order valence-electron chi connectivity index (χ4n) is 3.25. The van der Waals surface area contributed by atoms with Crippen LogP contribution < -0.4 is 14.4 Å². The lowest BCUT2D eigenvalue weighted by Crippen LogP contribution is -2.41. The number of fused-ring (bicyclic) bond motifs is 1. The van der Waals surface area contributed by atoms with E-state index in [1.54, 1.807) is 80.9 Å². The second-order valence-corrected chi connectivity index (χ2v) is 9.16. The van der Waals surface area contributed by atoms with Crippen molar-refractivity contribution in [3.63, 3.8) is 0 Å². The van der Waals surface area contributed by atoms with Crippen molar-refractivity contribution in [3.8, 4) is 5.75 Å². The van der Waals surface area contributed by atoms with Crippen molar-refractivity contribution >= 4 is 44.4 Å². The van der Waals surface area contributed by atoms with Gasteiger partial charge in [-0.05, 0) is 42.0 Å². The number of aromatic nitrogens is 2. The monoisotopic (exact) mass is 468 g/mol. The molecule has 3 aromatic carbocycles. The van der Waals surface area contributed by atoms with Gasteiger partial charge in [-0.15, -0.1) is 0 Å². The molecule has 1 atom stereocenters. The van der Waals surface area contributed by atoms with E-state index in [1.165, 1.54) is 11.0 Å². The van der Waals surface area contributed by atoms with Crippen molar-refractivity contribution in [1.82, 2.24) is 13.5 Å². The van der Waals surface area contributed by atoms with Crippen LogP contribution in [0.15, 0.2) is 77.7 Å². The number of hydrogen-bond donors (Lipinski definition) is 1. The maximum Gasteiger partial charge on any atom is 0.249 e. The van der Waals surface area contributed by atoms with E-state index in [4.69, 9.17) is 4.74 Å². The average Bonchev–Trinajstić information content (AvgIpc) is 3.31. The molecule has 0 bridgehead atoms. The maximum absolute atomic E-state index is 13.5. The SMILES string of the molecule is COc1ccc(N(C)C(=O)C(NS(=O)(=O)c2cccc3nsnc23)c2ccccc2)cc1. The lowest BCUT2D eigenvalue weighted by molar-refractivity contribution is -0.120. The Hall–Kier alpha value is -3.34. The number of nitrogens with one attached hydrogen (secondary N) is 1. The first kappa shape index (κ1) is 21.9. The van der Waals surface area contributed by atoms with Gasteiger partial charge in [0.1, 0.15) is 27.7 Å². The van der Waals surface area contributed by atoms with Crippen LogP contribution in [-0.4, -0.2) is 37.2 Å². The summed E-state index contributed by atoms with van der Waals surface area (Å²) in [5.41, 5.74) is 1.87. The van der Waals surface area contributed by atoms with Crippen molar-refractivity contribution < 1.29 is 17.9 Å². The molecule has 8 nitrogen and oxygen atoms in total. The number of likely N-dealkylation sites (N-methyl/N-ethyl adjacent to an activating group) is 1. The largest absolute Gasteiger partial charge is 0.497 e. The summed E-state index contributed by atoms with van der Waals surface area (Å²) in [6, 6.07) is 19.2. The average molecular weight is 469 g/mol. The van der Waals surface area contributed by atoms with Crippen molar-refractivity contribution in [2.75, 3.05) is 19.1 Å². The van der Waals surface area contributed by atoms with Gasteiger partial charge in [0.2, 0.25) is 15.9 Å². The number of ether oxygens (including phenoxy) is 1. The molecule has 4 rings (SSSR count). The van der Waals surface area contributed by atoms with Crippen LogP contribution in [0.5, 0.6) is 5.75 Å². The number of sulfonamides is 1.